The van der Waals surface area contributed by atoms with Gasteiger partial charge in [-0.3, -0.25) is 4.79 Å². The highest BCUT2D eigenvalue weighted by Crippen LogP contribution is 2.22. The molecule has 0 aliphatic carbocycles. The molecule has 78 valence electrons. The molecule has 1 aromatic rings. The van der Waals surface area contributed by atoms with Crippen molar-refractivity contribution in [1.29, 1.82) is 5.26 Å². The van der Waals surface area contributed by atoms with E-state index in [4.69, 9.17) is 5.26 Å². The van der Waals surface area contributed by atoms with E-state index >= 15 is 0 Å². The highest BCUT2D eigenvalue weighted by atomic mass is 79.9. The van der Waals surface area contributed by atoms with E-state index in [0.29, 0.717) is 10.5 Å². The summed E-state index contributed by atoms with van der Waals surface area (Å²) in [5.74, 6) is -0.0362. The minimum atomic E-state index is -0.261. The molecule has 0 radical (unpaired) electrons. The largest absolute Gasteiger partial charge is 0.293 e. The van der Waals surface area contributed by atoms with Crippen LogP contribution in [0.3, 0.4) is 0 Å². The molecule has 1 aromatic carbocycles. The lowest BCUT2D eigenvalue weighted by Crippen LogP contribution is -2.13. The molecule has 0 bridgehead atoms. The number of Topliss-reactive ketones (excluding diaryl/α,β-unsaturated/α-hetero) is 1. The van der Waals surface area contributed by atoms with Gasteiger partial charge >= 0.3 is 0 Å². The molecular weight excluding hydrogens is 274 g/mol. The van der Waals surface area contributed by atoms with Gasteiger partial charge in [-0.1, -0.05) is 28.1 Å². The van der Waals surface area contributed by atoms with Crippen molar-refractivity contribution < 1.29 is 4.79 Å². The fourth-order valence-electron chi connectivity index (χ4n) is 1.30. The Bertz CT molecular complexity index is 423. The number of nitriles is 1. The molecule has 0 fully saturated rings. The number of hydrogen-bond donors (Lipinski definition) is 1. The van der Waals surface area contributed by atoms with Crippen LogP contribution in [0.1, 0.15) is 22.8 Å². The zero-order valence-corrected chi connectivity index (χ0v) is 10.7. The van der Waals surface area contributed by atoms with Crippen LogP contribution in [0.25, 0.3) is 0 Å². The van der Waals surface area contributed by atoms with Crippen LogP contribution < -0.4 is 0 Å². The number of thiol groups is 1. The van der Waals surface area contributed by atoms with Gasteiger partial charge in [-0.15, -0.1) is 12.6 Å². The fourth-order valence-corrected chi connectivity index (χ4v) is 1.87. The first-order valence-corrected chi connectivity index (χ1v) is 5.80. The summed E-state index contributed by atoms with van der Waals surface area (Å²) in [4.78, 5) is 12.2. The van der Waals surface area contributed by atoms with Crippen molar-refractivity contribution in [2.75, 3.05) is 0 Å². The Balaban J connectivity index is 3.25. The van der Waals surface area contributed by atoms with Gasteiger partial charge in [0.05, 0.1) is 17.3 Å². The van der Waals surface area contributed by atoms with E-state index in [0.717, 1.165) is 5.56 Å². The summed E-state index contributed by atoms with van der Waals surface area (Å²) in [5.41, 5.74) is 1.29. The van der Waals surface area contributed by atoms with Gasteiger partial charge in [0.1, 0.15) is 0 Å². The number of carbonyl (C=O) groups is 1. The Morgan fingerprint density at radius 1 is 1.67 bits per heavy atom. The Morgan fingerprint density at radius 2 is 2.33 bits per heavy atom. The predicted molar refractivity (Wildman–Crippen MR) is 65.7 cm³/mol. The summed E-state index contributed by atoms with van der Waals surface area (Å²) < 4.78 is 0. The first-order valence-electron chi connectivity index (χ1n) is 4.44. The summed E-state index contributed by atoms with van der Waals surface area (Å²) in [6, 6.07) is 7.38. The Labute approximate surface area is 103 Å². The Hall–Kier alpha value is -0.790. The topological polar surface area (TPSA) is 40.9 Å². The molecule has 1 atom stereocenters. The molecule has 0 heterocycles. The molecule has 2 nitrogen and oxygen atoms in total. The molecule has 15 heavy (non-hydrogen) atoms. The van der Waals surface area contributed by atoms with E-state index in [-0.39, 0.29) is 17.0 Å². The molecule has 0 spiro atoms. The molecule has 0 N–H and O–H groups in total. The van der Waals surface area contributed by atoms with Crippen LogP contribution in [0, 0.1) is 11.3 Å². The SMILES string of the molecule is CC(Br)C(=O)c1c(S)cccc1CC#N. The van der Waals surface area contributed by atoms with Crippen molar-refractivity contribution in [2.45, 2.75) is 23.1 Å². The second kappa shape index (κ2) is 5.34. The van der Waals surface area contributed by atoms with Crippen molar-refractivity contribution in [1.82, 2.24) is 0 Å². The van der Waals surface area contributed by atoms with Crippen molar-refractivity contribution in [3.05, 3.63) is 29.3 Å². The third-order valence-corrected chi connectivity index (χ3v) is 2.79. The molecule has 0 saturated heterocycles. The molecule has 1 unspecified atom stereocenters. The van der Waals surface area contributed by atoms with Gasteiger partial charge in [-0.05, 0) is 18.6 Å². The second-order valence-corrected chi connectivity index (χ2v) is 4.98. The maximum Gasteiger partial charge on any atom is 0.177 e. The van der Waals surface area contributed by atoms with Gasteiger partial charge in [0.15, 0.2) is 5.78 Å². The van der Waals surface area contributed by atoms with Crippen molar-refractivity contribution in [3.63, 3.8) is 0 Å². The summed E-state index contributed by atoms with van der Waals surface area (Å²) in [6.45, 7) is 1.76. The zero-order chi connectivity index (χ0) is 11.4. The number of ketones is 1. The van der Waals surface area contributed by atoms with E-state index in [1.807, 2.05) is 6.07 Å². The molecule has 1 rings (SSSR count). The second-order valence-electron chi connectivity index (χ2n) is 3.13. The van der Waals surface area contributed by atoms with E-state index < -0.39 is 0 Å². The van der Waals surface area contributed by atoms with Crippen LogP contribution >= 0.6 is 28.6 Å². The number of nitrogens with zero attached hydrogens (tertiary/aromatic N) is 1. The van der Waals surface area contributed by atoms with Crippen molar-refractivity contribution in [3.8, 4) is 6.07 Å². The maximum atomic E-state index is 11.9. The smallest absolute Gasteiger partial charge is 0.177 e. The van der Waals surface area contributed by atoms with Crippen LogP contribution in [0.4, 0.5) is 0 Å². The predicted octanol–water partition coefficient (Wildman–Crippen LogP) is 3.01. The third-order valence-electron chi connectivity index (χ3n) is 2.01. The lowest BCUT2D eigenvalue weighted by atomic mass is 10.00. The maximum absolute atomic E-state index is 11.9. The summed E-state index contributed by atoms with van der Waals surface area (Å²) in [7, 11) is 0. The van der Waals surface area contributed by atoms with Crippen molar-refractivity contribution >= 4 is 34.3 Å². The first-order chi connectivity index (χ1) is 7.07. The molecule has 0 aliphatic heterocycles. The van der Waals surface area contributed by atoms with Crippen LogP contribution in [0.5, 0.6) is 0 Å². The van der Waals surface area contributed by atoms with Gasteiger partial charge in [0.2, 0.25) is 0 Å². The standard InChI is InChI=1S/C11H10BrNOS/c1-7(12)11(14)10-8(5-6-13)3-2-4-9(10)15/h2-4,7,15H,5H2,1H3. The molecule has 0 saturated carbocycles. The normalized spacial score (nSPS) is 11.9. The van der Waals surface area contributed by atoms with Crippen LogP contribution in [0.2, 0.25) is 0 Å². The van der Waals surface area contributed by atoms with Crippen LogP contribution in [-0.2, 0) is 6.42 Å². The first kappa shape index (κ1) is 12.3. The summed E-state index contributed by atoms with van der Waals surface area (Å²) >= 11 is 7.47. The van der Waals surface area contributed by atoms with Crippen LogP contribution in [0.15, 0.2) is 23.1 Å². The fraction of sp³-hybridized carbons (Fsp3) is 0.273. The molecule has 0 aliphatic rings. The summed E-state index contributed by atoms with van der Waals surface area (Å²) in [5, 5.41) is 8.66. The average molecular weight is 284 g/mol. The highest BCUT2D eigenvalue weighted by molar-refractivity contribution is 9.10. The molecular formula is C11H10BrNOS. The minimum Gasteiger partial charge on any atom is -0.293 e. The van der Waals surface area contributed by atoms with E-state index in [1.54, 1.807) is 25.1 Å². The summed E-state index contributed by atoms with van der Waals surface area (Å²) in [6.07, 6.45) is 0.231. The van der Waals surface area contributed by atoms with Gasteiger partial charge in [0, 0.05) is 10.5 Å². The number of halogens is 1. The van der Waals surface area contributed by atoms with Crippen molar-refractivity contribution in [2.24, 2.45) is 0 Å². The highest BCUT2D eigenvalue weighted by Gasteiger charge is 2.18. The number of alkyl halides is 1. The van der Waals surface area contributed by atoms with E-state index in [2.05, 4.69) is 28.6 Å². The zero-order valence-electron chi connectivity index (χ0n) is 8.20. The van der Waals surface area contributed by atoms with Gasteiger partial charge < -0.3 is 0 Å². The van der Waals surface area contributed by atoms with E-state index in [1.165, 1.54) is 0 Å². The number of rotatable bonds is 3. The quantitative estimate of drug-likeness (QED) is 0.526. The Morgan fingerprint density at radius 3 is 2.87 bits per heavy atom. The average Bonchev–Trinajstić information content (AvgIpc) is 2.17. The molecule has 4 heteroatoms. The number of benzene rings is 1. The van der Waals surface area contributed by atoms with E-state index in [9.17, 15) is 4.79 Å². The minimum absolute atomic E-state index is 0.0362. The molecule has 0 amide bonds. The lowest BCUT2D eigenvalue weighted by Gasteiger charge is -2.10. The van der Waals surface area contributed by atoms with Gasteiger partial charge in [-0.2, -0.15) is 5.26 Å². The lowest BCUT2D eigenvalue weighted by molar-refractivity contribution is 0.0992. The Kier molecular flexibility index (Phi) is 4.37. The molecule has 0 aromatic heterocycles. The van der Waals surface area contributed by atoms with Crippen LogP contribution in [-0.4, -0.2) is 10.6 Å². The third kappa shape index (κ3) is 2.83. The van der Waals surface area contributed by atoms with Gasteiger partial charge in [-0.25, -0.2) is 0 Å². The number of hydrogen-bond acceptors (Lipinski definition) is 3. The monoisotopic (exact) mass is 283 g/mol. The van der Waals surface area contributed by atoms with Gasteiger partial charge in [0.25, 0.3) is 0 Å². The number of carbonyl (C=O) groups excluding carboxylic acids is 1.